The Bertz CT molecular complexity index is 743. The highest BCUT2D eigenvalue weighted by atomic mass is 16.5. The van der Waals surface area contributed by atoms with Crippen molar-refractivity contribution in [1.82, 2.24) is 20.4 Å². The van der Waals surface area contributed by atoms with Crippen LogP contribution in [0.15, 0.2) is 36.4 Å². The van der Waals surface area contributed by atoms with Gasteiger partial charge in [-0.3, -0.25) is 9.59 Å². The molecular weight excluding hydrogens is 308 g/mol. The first-order valence-electron chi connectivity index (χ1n) is 7.62. The molecule has 1 aliphatic rings. The van der Waals surface area contributed by atoms with E-state index in [1.807, 2.05) is 0 Å². The van der Waals surface area contributed by atoms with Crippen LogP contribution in [0, 0.1) is 0 Å². The molecule has 7 heteroatoms. The van der Waals surface area contributed by atoms with Crippen LogP contribution in [0.4, 0.5) is 0 Å². The lowest BCUT2D eigenvalue weighted by atomic mass is 10.1. The zero-order valence-corrected chi connectivity index (χ0v) is 13.5. The van der Waals surface area contributed by atoms with Crippen molar-refractivity contribution in [3.8, 4) is 17.1 Å². The lowest BCUT2D eigenvalue weighted by molar-refractivity contribution is -0.128. The van der Waals surface area contributed by atoms with Gasteiger partial charge in [-0.05, 0) is 24.6 Å². The minimum atomic E-state index is -0.436. The van der Waals surface area contributed by atoms with Crippen molar-refractivity contribution in [3.63, 3.8) is 0 Å². The molecule has 0 radical (unpaired) electrons. The third-order valence-electron chi connectivity index (χ3n) is 4.02. The van der Waals surface area contributed by atoms with Crippen LogP contribution in [0.25, 0.3) is 11.3 Å². The second-order valence-corrected chi connectivity index (χ2v) is 5.61. The van der Waals surface area contributed by atoms with Crippen LogP contribution >= 0.6 is 0 Å². The van der Waals surface area contributed by atoms with Crippen molar-refractivity contribution >= 4 is 11.8 Å². The van der Waals surface area contributed by atoms with Gasteiger partial charge in [0.2, 0.25) is 11.8 Å². The van der Waals surface area contributed by atoms with E-state index in [0.29, 0.717) is 30.1 Å². The summed E-state index contributed by atoms with van der Waals surface area (Å²) in [5.74, 6) is 0.144. The second kappa shape index (κ2) is 6.66. The third kappa shape index (κ3) is 3.19. The van der Waals surface area contributed by atoms with E-state index in [1.165, 1.54) is 7.11 Å². The first-order valence-corrected chi connectivity index (χ1v) is 7.62. The van der Waals surface area contributed by atoms with Gasteiger partial charge in [0, 0.05) is 30.8 Å². The van der Waals surface area contributed by atoms with E-state index in [-0.39, 0.29) is 11.8 Å². The molecule has 0 saturated carbocycles. The fourth-order valence-electron chi connectivity index (χ4n) is 2.57. The topological polar surface area (TPSA) is 84.4 Å². The summed E-state index contributed by atoms with van der Waals surface area (Å²) >= 11 is 0. The van der Waals surface area contributed by atoms with E-state index in [2.05, 4.69) is 15.5 Å². The Labute approximate surface area is 139 Å². The predicted molar refractivity (Wildman–Crippen MR) is 87.5 cm³/mol. The molecule has 0 aliphatic carbocycles. The number of likely N-dealkylation sites (tertiary alicyclic amines) is 1. The van der Waals surface area contributed by atoms with Crippen LogP contribution in [-0.4, -0.2) is 53.7 Å². The summed E-state index contributed by atoms with van der Waals surface area (Å²) in [7, 11) is 3.27. The molecule has 0 spiro atoms. The fourth-order valence-corrected chi connectivity index (χ4v) is 2.57. The van der Waals surface area contributed by atoms with Crippen LogP contribution in [-0.2, 0) is 4.79 Å². The van der Waals surface area contributed by atoms with Crippen LogP contribution in [0.1, 0.15) is 16.8 Å². The van der Waals surface area contributed by atoms with Crippen molar-refractivity contribution < 1.29 is 14.3 Å². The summed E-state index contributed by atoms with van der Waals surface area (Å²) in [4.78, 5) is 25.7. The Morgan fingerprint density at radius 2 is 1.96 bits per heavy atom. The van der Waals surface area contributed by atoms with Crippen molar-refractivity contribution in [3.05, 3.63) is 42.0 Å². The molecule has 2 heterocycles. The van der Waals surface area contributed by atoms with Crippen LogP contribution < -0.4 is 10.1 Å². The monoisotopic (exact) mass is 326 g/mol. The fraction of sp³-hybridized carbons (Fsp3) is 0.294. The summed E-state index contributed by atoms with van der Waals surface area (Å²) in [6.07, 6.45) is 0.639. The standard InChI is InChI=1S/C17H18N4O3/c1-21-10-9-14(17(21)23)18-16(22)12-5-3-11(4-6-12)13-7-8-15(24-2)20-19-13/h3-8,14H,9-10H2,1-2H3,(H,18,22). The van der Waals surface area contributed by atoms with E-state index in [4.69, 9.17) is 4.74 Å². The molecule has 124 valence electrons. The number of benzene rings is 1. The van der Waals surface area contributed by atoms with Gasteiger partial charge in [-0.2, -0.15) is 0 Å². The SMILES string of the molecule is COc1ccc(-c2ccc(C(=O)NC3CCN(C)C3=O)cc2)nn1. The molecule has 1 fully saturated rings. The Kier molecular flexibility index (Phi) is 4.41. The van der Waals surface area contributed by atoms with E-state index < -0.39 is 6.04 Å². The van der Waals surface area contributed by atoms with E-state index >= 15 is 0 Å². The Morgan fingerprint density at radius 1 is 1.21 bits per heavy atom. The number of carbonyl (C=O) groups is 2. The number of carbonyl (C=O) groups excluding carboxylic acids is 2. The van der Waals surface area contributed by atoms with E-state index in [9.17, 15) is 9.59 Å². The molecule has 1 N–H and O–H groups in total. The zero-order chi connectivity index (χ0) is 17.1. The van der Waals surface area contributed by atoms with Gasteiger partial charge in [-0.25, -0.2) is 0 Å². The highest BCUT2D eigenvalue weighted by Gasteiger charge is 2.30. The largest absolute Gasteiger partial charge is 0.480 e. The number of likely N-dealkylation sites (N-methyl/N-ethyl adjacent to an activating group) is 1. The van der Waals surface area contributed by atoms with E-state index in [0.717, 1.165) is 5.56 Å². The first-order chi connectivity index (χ1) is 11.6. The number of ether oxygens (including phenoxy) is 1. The van der Waals surface area contributed by atoms with Crippen molar-refractivity contribution in [2.45, 2.75) is 12.5 Å². The van der Waals surface area contributed by atoms with Crippen LogP contribution in [0.2, 0.25) is 0 Å². The number of aromatic nitrogens is 2. The molecule has 1 aromatic carbocycles. The Morgan fingerprint density at radius 3 is 2.50 bits per heavy atom. The zero-order valence-electron chi connectivity index (χ0n) is 13.5. The average molecular weight is 326 g/mol. The molecule has 1 saturated heterocycles. The number of nitrogens with one attached hydrogen (secondary N) is 1. The van der Waals surface area contributed by atoms with E-state index in [1.54, 1.807) is 48.3 Å². The van der Waals surface area contributed by atoms with Gasteiger partial charge in [-0.15, -0.1) is 10.2 Å². The maximum atomic E-state index is 12.3. The third-order valence-corrected chi connectivity index (χ3v) is 4.02. The van der Waals surface area contributed by atoms with Gasteiger partial charge in [0.15, 0.2) is 0 Å². The minimum Gasteiger partial charge on any atom is -0.480 e. The highest BCUT2D eigenvalue weighted by Crippen LogP contribution is 2.18. The summed E-state index contributed by atoms with van der Waals surface area (Å²) in [6.45, 7) is 0.666. The number of rotatable bonds is 4. The summed E-state index contributed by atoms with van der Waals surface area (Å²) in [5, 5.41) is 10.8. The highest BCUT2D eigenvalue weighted by molar-refractivity contribution is 5.98. The molecule has 2 amide bonds. The summed E-state index contributed by atoms with van der Waals surface area (Å²) in [6, 6.07) is 10.1. The van der Waals surface area contributed by atoms with Crippen molar-refractivity contribution in [2.24, 2.45) is 0 Å². The van der Waals surface area contributed by atoms with Gasteiger partial charge in [0.25, 0.3) is 5.91 Å². The number of nitrogens with zero attached hydrogens (tertiary/aromatic N) is 3. The molecule has 1 unspecified atom stereocenters. The van der Waals surface area contributed by atoms with Gasteiger partial charge in [-0.1, -0.05) is 12.1 Å². The molecule has 1 aromatic heterocycles. The lowest BCUT2D eigenvalue weighted by Crippen LogP contribution is -2.40. The number of amides is 2. The van der Waals surface area contributed by atoms with Crippen LogP contribution in [0.3, 0.4) is 0 Å². The summed E-state index contributed by atoms with van der Waals surface area (Å²) in [5.41, 5.74) is 2.04. The number of methoxy groups -OCH3 is 1. The maximum Gasteiger partial charge on any atom is 0.251 e. The Hall–Kier alpha value is -2.96. The molecule has 3 rings (SSSR count). The normalized spacial score (nSPS) is 17.0. The van der Waals surface area contributed by atoms with Crippen molar-refractivity contribution in [1.29, 1.82) is 0 Å². The molecule has 1 atom stereocenters. The molecule has 7 nitrogen and oxygen atoms in total. The Balaban J connectivity index is 1.69. The minimum absolute atomic E-state index is 0.0477. The van der Waals surface area contributed by atoms with Crippen LogP contribution in [0.5, 0.6) is 5.88 Å². The maximum absolute atomic E-state index is 12.3. The number of hydrogen-bond donors (Lipinski definition) is 1. The summed E-state index contributed by atoms with van der Waals surface area (Å²) < 4.78 is 4.98. The predicted octanol–water partition coefficient (Wildman–Crippen LogP) is 1.11. The second-order valence-electron chi connectivity index (χ2n) is 5.61. The number of hydrogen-bond acceptors (Lipinski definition) is 5. The lowest BCUT2D eigenvalue weighted by Gasteiger charge is -2.12. The molecule has 2 aromatic rings. The van der Waals surface area contributed by atoms with Crippen molar-refractivity contribution in [2.75, 3.05) is 20.7 Å². The van der Waals surface area contributed by atoms with Gasteiger partial charge in [0.1, 0.15) is 6.04 Å². The molecular formula is C17H18N4O3. The quantitative estimate of drug-likeness (QED) is 0.910. The smallest absolute Gasteiger partial charge is 0.251 e. The molecule has 0 bridgehead atoms. The first kappa shape index (κ1) is 15.9. The average Bonchev–Trinajstić information content (AvgIpc) is 2.94. The van der Waals surface area contributed by atoms with Gasteiger partial charge >= 0.3 is 0 Å². The van der Waals surface area contributed by atoms with Gasteiger partial charge < -0.3 is 15.0 Å². The molecule has 24 heavy (non-hydrogen) atoms. The molecule has 1 aliphatic heterocycles. The van der Waals surface area contributed by atoms with Gasteiger partial charge in [0.05, 0.1) is 12.8 Å².